The van der Waals surface area contributed by atoms with Crippen LogP contribution in [0.5, 0.6) is 5.75 Å². The quantitative estimate of drug-likeness (QED) is 0.338. The highest BCUT2D eigenvalue weighted by atomic mass is 79.9. The topological polar surface area (TPSA) is 63.5 Å². The molecular weight excluding hydrogens is 406 g/mol. The van der Waals surface area contributed by atoms with Crippen molar-refractivity contribution in [3.8, 4) is 5.75 Å². The fourth-order valence-electron chi connectivity index (χ4n) is 2.61. The summed E-state index contributed by atoms with van der Waals surface area (Å²) in [4.78, 5) is 8.89. The van der Waals surface area contributed by atoms with E-state index in [2.05, 4.69) is 48.0 Å². The van der Waals surface area contributed by atoms with Crippen molar-refractivity contribution in [1.82, 2.24) is 20.2 Å². The number of benzene rings is 1. The van der Waals surface area contributed by atoms with Gasteiger partial charge >= 0.3 is 0 Å². The van der Waals surface area contributed by atoms with Crippen molar-refractivity contribution in [3.63, 3.8) is 0 Å². The number of nitrogens with one attached hydrogen (secondary N) is 2. The van der Waals surface area contributed by atoms with E-state index < -0.39 is 0 Å². The highest BCUT2D eigenvalue weighted by Gasteiger charge is 2.07. The Labute approximate surface area is 170 Å². The zero-order valence-electron chi connectivity index (χ0n) is 16.4. The third-order valence-corrected chi connectivity index (χ3v) is 4.71. The van der Waals surface area contributed by atoms with Crippen LogP contribution in [0.4, 0.5) is 0 Å². The van der Waals surface area contributed by atoms with Gasteiger partial charge in [0.15, 0.2) is 5.96 Å². The van der Waals surface area contributed by atoms with Crippen molar-refractivity contribution in [2.45, 2.75) is 46.3 Å². The molecule has 0 aliphatic heterocycles. The molecular formula is C20H30BrN5O. The average Bonchev–Trinajstić information content (AvgIpc) is 3.06. The summed E-state index contributed by atoms with van der Waals surface area (Å²) < 4.78 is 9.09. The molecule has 0 saturated heterocycles. The molecule has 0 aliphatic rings. The average molecular weight is 436 g/mol. The molecule has 0 aliphatic carbocycles. The Morgan fingerprint density at radius 1 is 1.30 bits per heavy atom. The van der Waals surface area contributed by atoms with Gasteiger partial charge < -0.3 is 19.9 Å². The molecule has 2 rings (SSSR count). The van der Waals surface area contributed by atoms with E-state index in [0.717, 1.165) is 54.5 Å². The Hall–Kier alpha value is -2.02. The second-order valence-electron chi connectivity index (χ2n) is 6.38. The van der Waals surface area contributed by atoms with Gasteiger partial charge in [-0.1, -0.05) is 12.1 Å². The highest BCUT2D eigenvalue weighted by molar-refractivity contribution is 9.10. The lowest BCUT2D eigenvalue weighted by molar-refractivity contribution is 0.228. The normalized spacial score (nSPS) is 12.7. The van der Waals surface area contributed by atoms with Crippen LogP contribution in [0.25, 0.3) is 0 Å². The summed E-state index contributed by atoms with van der Waals surface area (Å²) in [5.41, 5.74) is 0. The molecule has 7 heteroatoms. The Balaban J connectivity index is 1.72. The summed E-state index contributed by atoms with van der Waals surface area (Å²) in [5.74, 6) is 2.74. The number of aliphatic imine (C=N–C) groups is 1. The van der Waals surface area contributed by atoms with Gasteiger partial charge in [-0.25, -0.2) is 9.98 Å². The maximum Gasteiger partial charge on any atom is 0.191 e. The molecule has 1 atom stereocenters. The third-order valence-electron chi connectivity index (χ3n) is 4.06. The van der Waals surface area contributed by atoms with Gasteiger partial charge in [-0.3, -0.25) is 0 Å². The van der Waals surface area contributed by atoms with E-state index >= 15 is 0 Å². The monoisotopic (exact) mass is 435 g/mol. The van der Waals surface area contributed by atoms with Crippen LogP contribution in [0, 0.1) is 6.92 Å². The van der Waals surface area contributed by atoms with Gasteiger partial charge in [0.25, 0.3) is 0 Å². The molecule has 27 heavy (non-hydrogen) atoms. The van der Waals surface area contributed by atoms with E-state index in [4.69, 9.17) is 4.74 Å². The number of hydrogen-bond donors (Lipinski definition) is 2. The first kappa shape index (κ1) is 21.3. The standard InChI is InChI=1S/C20H30BrN5O/c1-4-22-20(24-11-7-8-13-26-14-12-23-17(26)3)25-15-16(2)27-19-10-6-5-9-18(19)21/h5-6,9-10,12,14,16H,4,7-8,11,13,15H2,1-3H3,(H2,22,24,25). The predicted octanol–water partition coefficient (Wildman–Crippen LogP) is 3.76. The van der Waals surface area contributed by atoms with Crippen LogP contribution < -0.4 is 15.4 Å². The number of guanidine groups is 1. The molecule has 2 aromatic rings. The molecule has 0 fully saturated rings. The van der Waals surface area contributed by atoms with E-state index in [9.17, 15) is 0 Å². The van der Waals surface area contributed by atoms with E-state index in [-0.39, 0.29) is 6.10 Å². The first-order valence-corrected chi connectivity index (χ1v) is 10.3. The van der Waals surface area contributed by atoms with Crippen molar-refractivity contribution in [2.75, 3.05) is 19.6 Å². The molecule has 0 spiro atoms. The molecule has 0 radical (unpaired) electrons. The van der Waals surface area contributed by atoms with E-state index in [1.54, 1.807) is 0 Å². The minimum Gasteiger partial charge on any atom is -0.488 e. The van der Waals surface area contributed by atoms with Crippen molar-refractivity contribution >= 4 is 21.9 Å². The lowest BCUT2D eigenvalue weighted by Crippen LogP contribution is -2.38. The first-order chi connectivity index (χ1) is 13.1. The number of aromatic nitrogens is 2. The lowest BCUT2D eigenvalue weighted by Gasteiger charge is -2.16. The highest BCUT2D eigenvalue weighted by Crippen LogP contribution is 2.24. The minimum atomic E-state index is -0.0108. The van der Waals surface area contributed by atoms with Gasteiger partial charge in [0, 0.05) is 32.0 Å². The van der Waals surface area contributed by atoms with E-state index in [0.29, 0.717) is 6.54 Å². The molecule has 2 N–H and O–H groups in total. The molecule has 0 amide bonds. The number of imidazole rings is 1. The zero-order valence-corrected chi connectivity index (χ0v) is 18.0. The molecule has 6 nitrogen and oxygen atoms in total. The fraction of sp³-hybridized carbons (Fsp3) is 0.500. The Kier molecular flexibility index (Phi) is 9.18. The molecule has 148 valence electrons. The maximum absolute atomic E-state index is 5.95. The fourth-order valence-corrected chi connectivity index (χ4v) is 2.99. The van der Waals surface area contributed by atoms with Crippen LogP contribution in [-0.2, 0) is 6.54 Å². The van der Waals surface area contributed by atoms with Crippen molar-refractivity contribution < 1.29 is 4.74 Å². The molecule has 0 bridgehead atoms. The first-order valence-electron chi connectivity index (χ1n) is 9.51. The van der Waals surface area contributed by atoms with Gasteiger partial charge in [-0.05, 0) is 61.7 Å². The summed E-state index contributed by atoms with van der Waals surface area (Å²) in [5, 5.41) is 6.68. The Morgan fingerprint density at radius 3 is 2.81 bits per heavy atom. The zero-order chi connectivity index (χ0) is 19.5. The summed E-state index contributed by atoms with van der Waals surface area (Å²) in [6.45, 7) is 9.44. The second kappa shape index (κ2) is 11.6. The van der Waals surface area contributed by atoms with Crippen LogP contribution in [-0.4, -0.2) is 41.2 Å². The number of hydrogen-bond acceptors (Lipinski definition) is 3. The van der Waals surface area contributed by atoms with Crippen molar-refractivity contribution in [2.24, 2.45) is 4.99 Å². The van der Waals surface area contributed by atoms with Gasteiger partial charge in [0.05, 0.1) is 11.0 Å². The number of rotatable bonds is 10. The summed E-state index contributed by atoms with van der Waals surface area (Å²) in [6, 6.07) is 7.87. The number of ether oxygens (including phenoxy) is 1. The summed E-state index contributed by atoms with van der Waals surface area (Å²) in [6.07, 6.45) is 6.04. The molecule has 1 heterocycles. The molecule has 0 saturated carbocycles. The molecule has 1 aromatic heterocycles. The number of halogens is 1. The second-order valence-corrected chi connectivity index (χ2v) is 7.23. The SMILES string of the molecule is CCNC(=NCC(C)Oc1ccccc1Br)NCCCCn1ccnc1C. The molecule has 1 aromatic carbocycles. The van der Waals surface area contributed by atoms with Crippen molar-refractivity contribution in [1.29, 1.82) is 0 Å². The Bertz CT molecular complexity index is 716. The van der Waals surface area contributed by atoms with Crippen LogP contribution in [0.15, 0.2) is 46.1 Å². The largest absolute Gasteiger partial charge is 0.488 e. The number of nitrogens with zero attached hydrogens (tertiary/aromatic N) is 3. The van der Waals surface area contributed by atoms with Crippen LogP contribution in [0.1, 0.15) is 32.5 Å². The Morgan fingerprint density at radius 2 is 2.11 bits per heavy atom. The van der Waals surface area contributed by atoms with Crippen LogP contribution in [0.3, 0.4) is 0 Å². The van der Waals surface area contributed by atoms with Gasteiger partial charge in [0.2, 0.25) is 0 Å². The lowest BCUT2D eigenvalue weighted by atomic mass is 10.3. The number of para-hydroxylation sites is 1. The van der Waals surface area contributed by atoms with Crippen molar-refractivity contribution in [3.05, 3.63) is 47.0 Å². The summed E-state index contributed by atoms with van der Waals surface area (Å²) in [7, 11) is 0. The van der Waals surface area contributed by atoms with Gasteiger partial charge in [0.1, 0.15) is 17.7 Å². The van der Waals surface area contributed by atoms with Gasteiger partial charge in [-0.2, -0.15) is 0 Å². The number of unbranched alkanes of at least 4 members (excludes halogenated alkanes) is 1. The number of aryl methyl sites for hydroxylation is 2. The van der Waals surface area contributed by atoms with Gasteiger partial charge in [-0.15, -0.1) is 0 Å². The smallest absolute Gasteiger partial charge is 0.191 e. The molecule has 1 unspecified atom stereocenters. The maximum atomic E-state index is 5.95. The van der Waals surface area contributed by atoms with Crippen LogP contribution >= 0.6 is 15.9 Å². The predicted molar refractivity (Wildman–Crippen MR) is 114 cm³/mol. The van der Waals surface area contributed by atoms with E-state index in [1.165, 1.54) is 0 Å². The minimum absolute atomic E-state index is 0.0108. The summed E-state index contributed by atoms with van der Waals surface area (Å²) >= 11 is 3.51. The van der Waals surface area contributed by atoms with E-state index in [1.807, 2.05) is 50.5 Å². The van der Waals surface area contributed by atoms with Crippen LogP contribution in [0.2, 0.25) is 0 Å². The third kappa shape index (κ3) is 7.62.